The molecule has 0 bridgehead atoms. The number of thioether (sulfide) groups is 1. The lowest BCUT2D eigenvalue weighted by Gasteiger charge is -2.09. The second-order valence-electron chi connectivity index (χ2n) is 4.00. The Kier molecular flexibility index (Phi) is 6.57. The lowest BCUT2D eigenvalue weighted by Crippen LogP contribution is -2.08. The Labute approximate surface area is 112 Å². The molecule has 0 spiro atoms. The fourth-order valence-corrected chi connectivity index (χ4v) is 2.02. The number of amides is 1. The molecule has 0 aliphatic rings. The SMILES string of the molecule is CSCCCCNc1ccc(F)c(NC(C)=O)c1. The highest BCUT2D eigenvalue weighted by Crippen LogP contribution is 2.19. The molecule has 0 saturated heterocycles. The minimum absolute atomic E-state index is 0.219. The summed E-state index contributed by atoms with van der Waals surface area (Å²) in [4.78, 5) is 10.9. The van der Waals surface area contributed by atoms with Crippen molar-refractivity contribution in [2.45, 2.75) is 19.8 Å². The zero-order valence-electron chi connectivity index (χ0n) is 10.8. The lowest BCUT2D eigenvalue weighted by atomic mass is 10.2. The van der Waals surface area contributed by atoms with Gasteiger partial charge in [0, 0.05) is 19.2 Å². The van der Waals surface area contributed by atoms with Gasteiger partial charge in [-0.3, -0.25) is 4.79 Å². The Morgan fingerprint density at radius 2 is 2.17 bits per heavy atom. The molecule has 2 N–H and O–H groups in total. The van der Waals surface area contributed by atoms with Gasteiger partial charge in [-0.2, -0.15) is 11.8 Å². The van der Waals surface area contributed by atoms with Crippen molar-refractivity contribution < 1.29 is 9.18 Å². The van der Waals surface area contributed by atoms with Crippen LogP contribution in [0, 0.1) is 5.82 Å². The van der Waals surface area contributed by atoms with E-state index in [1.54, 1.807) is 12.1 Å². The molecule has 1 aromatic rings. The highest BCUT2D eigenvalue weighted by atomic mass is 32.2. The first-order valence-electron chi connectivity index (χ1n) is 5.93. The van der Waals surface area contributed by atoms with Gasteiger partial charge in [0.15, 0.2) is 0 Å². The second kappa shape index (κ2) is 7.97. The van der Waals surface area contributed by atoms with Crippen LogP contribution < -0.4 is 10.6 Å². The summed E-state index contributed by atoms with van der Waals surface area (Å²) < 4.78 is 13.4. The number of hydrogen-bond donors (Lipinski definition) is 2. The Bertz CT molecular complexity index is 399. The van der Waals surface area contributed by atoms with Crippen LogP contribution in [0.2, 0.25) is 0 Å². The van der Waals surface area contributed by atoms with E-state index in [0.29, 0.717) is 0 Å². The Morgan fingerprint density at radius 1 is 1.39 bits per heavy atom. The van der Waals surface area contributed by atoms with Crippen molar-refractivity contribution in [3.8, 4) is 0 Å². The zero-order chi connectivity index (χ0) is 13.4. The molecule has 3 nitrogen and oxygen atoms in total. The normalized spacial score (nSPS) is 10.2. The van der Waals surface area contributed by atoms with Gasteiger partial charge in [-0.15, -0.1) is 0 Å². The molecule has 0 radical (unpaired) electrons. The first-order chi connectivity index (χ1) is 8.63. The summed E-state index contributed by atoms with van der Waals surface area (Å²) in [5.41, 5.74) is 1.04. The molecule has 0 aromatic heterocycles. The van der Waals surface area contributed by atoms with Gasteiger partial charge >= 0.3 is 0 Å². The van der Waals surface area contributed by atoms with Crippen molar-refractivity contribution >= 4 is 29.0 Å². The van der Waals surface area contributed by atoms with Crippen LogP contribution in [0.4, 0.5) is 15.8 Å². The van der Waals surface area contributed by atoms with Gasteiger partial charge in [0.2, 0.25) is 5.91 Å². The number of benzene rings is 1. The molecule has 0 unspecified atom stereocenters. The Morgan fingerprint density at radius 3 is 2.83 bits per heavy atom. The van der Waals surface area contributed by atoms with E-state index in [2.05, 4.69) is 16.9 Å². The first-order valence-corrected chi connectivity index (χ1v) is 7.33. The monoisotopic (exact) mass is 270 g/mol. The van der Waals surface area contributed by atoms with Gasteiger partial charge in [0.05, 0.1) is 5.69 Å². The number of hydrogen-bond acceptors (Lipinski definition) is 3. The van der Waals surface area contributed by atoms with Crippen LogP contribution in [0.25, 0.3) is 0 Å². The predicted molar refractivity (Wildman–Crippen MR) is 76.8 cm³/mol. The highest BCUT2D eigenvalue weighted by Gasteiger charge is 2.04. The summed E-state index contributed by atoms with van der Waals surface area (Å²) in [5.74, 6) is 0.464. The highest BCUT2D eigenvalue weighted by molar-refractivity contribution is 7.98. The number of carbonyl (C=O) groups is 1. The van der Waals surface area contributed by atoms with E-state index in [9.17, 15) is 9.18 Å². The van der Waals surface area contributed by atoms with Crippen molar-refractivity contribution in [2.75, 3.05) is 29.2 Å². The molecule has 18 heavy (non-hydrogen) atoms. The molecule has 0 fully saturated rings. The van der Waals surface area contributed by atoms with Crippen molar-refractivity contribution in [3.05, 3.63) is 24.0 Å². The smallest absolute Gasteiger partial charge is 0.221 e. The van der Waals surface area contributed by atoms with Crippen LogP contribution in [0.3, 0.4) is 0 Å². The summed E-state index contributed by atoms with van der Waals surface area (Å²) in [6.07, 6.45) is 4.33. The Balaban J connectivity index is 2.48. The quantitative estimate of drug-likeness (QED) is 0.747. The van der Waals surface area contributed by atoms with E-state index >= 15 is 0 Å². The van der Waals surface area contributed by atoms with Gasteiger partial charge in [0.1, 0.15) is 5.82 Å². The number of unbranched alkanes of at least 4 members (excludes halogenated alkanes) is 1. The standard InChI is InChI=1S/C13H19FN2OS/c1-10(17)16-13-9-11(5-6-12(13)14)15-7-3-4-8-18-2/h5-6,9,15H,3-4,7-8H2,1-2H3,(H,16,17). The van der Waals surface area contributed by atoms with Crippen LogP contribution in [-0.4, -0.2) is 24.5 Å². The van der Waals surface area contributed by atoms with Gasteiger partial charge in [-0.1, -0.05) is 0 Å². The fraction of sp³-hybridized carbons (Fsp3) is 0.462. The summed E-state index contributed by atoms with van der Waals surface area (Å²) in [7, 11) is 0. The van der Waals surface area contributed by atoms with Crippen LogP contribution in [0.15, 0.2) is 18.2 Å². The average molecular weight is 270 g/mol. The molecule has 100 valence electrons. The van der Waals surface area contributed by atoms with Crippen molar-refractivity contribution in [1.82, 2.24) is 0 Å². The van der Waals surface area contributed by atoms with E-state index in [1.807, 2.05) is 11.8 Å². The van der Waals surface area contributed by atoms with Crippen LogP contribution in [0.1, 0.15) is 19.8 Å². The molecule has 0 heterocycles. The minimum atomic E-state index is -0.418. The van der Waals surface area contributed by atoms with Gasteiger partial charge in [0.25, 0.3) is 0 Å². The van der Waals surface area contributed by atoms with Crippen LogP contribution in [-0.2, 0) is 4.79 Å². The third kappa shape index (κ3) is 5.40. The predicted octanol–water partition coefficient (Wildman–Crippen LogP) is 3.34. The van der Waals surface area contributed by atoms with Gasteiger partial charge < -0.3 is 10.6 Å². The number of rotatable bonds is 7. The third-order valence-corrected chi connectivity index (χ3v) is 3.08. The van der Waals surface area contributed by atoms with E-state index < -0.39 is 5.82 Å². The topological polar surface area (TPSA) is 41.1 Å². The largest absolute Gasteiger partial charge is 0.385 e. The lowest BCUT2D eigenvalue weighted by molar-refractivity contribution is -0.114. The van der Waals surface area contributed by atoms with Crippen molar-refractivity contribution in [3.63, 3.8) is 0 Å². The summed E-state index contributed by atoms with van der Waals surface area (Å²) in [5, 5.41) is 5.68. The van der Waals surface area contributed by atoms with Crippen LogP contribution >= 0.6 is 11.8 Å². The van der Waals surface area contributed by atoms with Crippen LogP contribution in [0.5, 0.6) is 0 Å². The van der Waals surface area contributed by atoms with Gasteiger partial charge in [-0.25, -0.2) is 4.39 Å². The van der Waals surface area contributed by atoms with E-state index in [4.69, 9.17) is 0 Å². The molecule has 0 saturated carbocycles. The van der Waals surface area contributed by atoms with Gasteiger partial charge in [-0.05, 0) is 43.0 Å². The number of halogens is 1. The fourth-order valence-electron chi connectivity index (χ4n) is 1.52. The molecule has 0 atom stereocenters. The summed E-state index contributed by atoms with van der Waals surface area (Å²) >= 11 is 1.83. The molecule has 0 aliphatic heterocycles. The molecule has 1 rings (SSSR count). The molecule has 5 heteroatoms. The molecule has 0 aliphatic carbocycles. The summed E-state index contributed by atoms with van der Waals surface area (Å²) in [6.45, 7) is 2.22. The number of anilines is 2. The third-order valence-electron chi connectivity index (χ3n) is 2.38. The zero-order valence-corrected chi connectivity index (χ0v) is 11.6. The maximum absolute atomic E-state index is 13.4. The van der Waals surface area contributed by atoms with E-state index in [0.717, 1.165) is 30.8 Å². The molecule has 1 aromatic carbocycles. The summed E-state index contributed by atoms with van der Waals surface area (Å²) in [6, 6.07) is 4.65. The average Bonchev–Trinajstić information content (AvgIpc) is 2.32. The van der Waals surface area contributed by atoms with Crippen molar-refractivity contribution in [1.29, 1.82) is 0 Å². The minimum Gasteiger partial charge on any atom is -0.385 e. The van der Waals surface area contributed by atoms with E-state index in [1.165, 1.54) is 13.0 Å². The number of nitrogens with one attached hydrogen (secondary N) is 2. The van der Waals surface area contributed by atoms with E-state index in [-0.39, 0.29) is 11.6 Å². The molecular weight excluding hydrogens is 251 g/mol. The molecular formula is C13H19FN2OS. The van der Waals surface area contributed by atoms with Crippen molar-refractivity contribution in [2.24, 2.45) is 0 Å². The second-order valence-corrected chi connectivity index (χ2v) is 4.99. The maximum Gasteiger partial charge on any atom is 0.221 e. The maximum atomic E-state index is 13.4. The first kappa shape index (κ1) is 14.8. The number of carbonyl (C=O) groups excluding carboxylic acids is 1. The molecule has 1 amide bonds. The Hall–Kier alpha value is -1.23.